The molecule has 1 saturated carbocycles. The van der Waals surface area contributed by atoms with E-state index in [4.69, 9.17) is 5.73 Å². The molecule has 3 rings (SSSR count). The molecule has 1 heterocycles. The molecule has 4 nitrogen and oxygen atoms in total. The molecule has 106 valence electrons. The molecule has 1 unspecified atom stereocenters. The number of nitrogen functional groups attached to an aromatic ring is 1. The van der Waals surface area contributed by atoms with Crippen molar-refractivity contribution in [1.82, 2.24) is 14.8 Å². The van der Waals surface area contributed by atoms with Crippen LogP contribution in [-0.4, -0.2) is 14.8 Å². The minimum Gasteiger partial charge on any atom is -0.399 e. The van der Waals surface area contributed by atoms with Crippen molar-refractivity contribution in [2.24, 2.45) is 0 Å². The van der Waals surface area contributed by atoms with Gasteiger partial charge in [0.05, 0.1) is 0 Å². The number of hydrogen-bond donors (Lipinski definition) is 1. The number of nitrogens with two attached hydrogens (primary N) is 1. The first-order valence-electron chi connectivity index (χ1n) is 7.48. The molecular weight excluding hydrogens is 248 g/mol. The van der Waals surface area contributed by atoms with Crippen LogP contribution in [0, 0.1) is 0 Å². The topological polar surface area (TPSA) is 56.7 Å². The predicted molar refractivity (Wildman–Crippen MR) is 80.5 cm³/mol. The fourth-order valence-corrected chi connectivity index (χ4v) is 3.12. The fraction of sp³-hybridized carbons (Fsp3) is 0.500. The molecule has 0 amide bonds. The Morgan fingerprint density at radius 1 is 1.25 bits per heavy atom. The van der Waals surface area contributed by atoms with E-state index in [1.54, 1.807) is 0 Å². The van der Waals surface area contributed by atoms with Gasteiger partial charge < -0.3 is 10.3 Å². The number of nitrogens with zero attached hydrogens (tertiary/aromatic N) is 3. The SMILES string of the molecule is CC(Cc1nncn1C1CCCC1)c1ccc(N)cc1. The van der Waals surface area contributed by atoms with Crippen LogP contribution in [0.2, 0.25) is 0 Å². The molecule has 1 aromatic carbocycles. The fourth-order valence-electron chi connectivity index (χ4n) is 3.12. The Balaban J connectivity index is 1.74. The van der Waals surface area contributed by atoms with Crippen LogP contribution < -0.4 is 5.73 Å². The summed E-state index contributed by atoms with van der Waals surface area (Å²) in [6.07, 6.45) is 8.02. The zero-order chi connectivity index (χ0) is 13.9. The first kappa shape index (κ1) is 13.2. The van der Waals surface area contributed by atoms with Crippen LogP contribution >= 0.6 is 0 Å². The average Bonchev–Trinajstić information content (AvgIpc) is 3.09. The van der Waals surface area contributed by atoms with Gasteiger partial charge in [0.25, 0.3) is 0 Å². The molecule has 2 N–H and O–H groups in total. The van der Waals surface area contributed by atoms with Gasteiger partial charge in [-0.1, -0.05) is 31.9 Å². The molecular formula is C16H22N4. The normalized spacial score (nSPS) is 17.4. The molecule has 0 radical (unpaired) electrons. The van der Waals surface area contributed by atoms with E-state index in [2.05, 4.69) is 33.8 Å². The maximum Gasteiger partial charge on any atom is 0.133 e. The lowest BCUT2D eigenvalue weighted by Gasteiger charge is -2.16. The van der Waals surface area contributed by atoms with Crippen molar-refractivity contribution in [3.8, 4) is 0 Å². The van der Waals surface area contributed by atoms with Crippen molar-refractivity contribution in [1.29, 1.82) is 0 Å². The van der Waals surface area contributed by atoms with Gasteiger partial charge in [-0.05, 0) is 36.5 Å². The van der Waals surface area contributed by atoms with Crippen molar-refractivity contribution < 1.29 is 0 Å². The molecule has 0 spiro atoms. The van der Waals surface area contributed by atoms with E-state index in [1.807, 2.05) is 18.5 Å². The molecule has 1 aromatic heterocycles. The summed E-state index contributed by atoms with van der Waals surface area (Å²) in [5.41, 5.74) is 7.86. The zero-order valence-electron chi connectivity index (χ0n) is 12.0. The van der Waals surface area contributed by atoms with Crippen LogP contribution in [0.3, 0.4) is 0 Å². The number of anilines is 1. The first-order valence-corrected chi connectivity index (χ1v) is 7.48. The van der Waals surface area contributed by atoms with E-state index in [0.717, 1.165) is 17.9 Å². The number of aromatic nitrogens is 3. The third-order valence-corrected chi connectivity index (χ3v) is 4.36. The molecule has 0 saturated heterocycles. The second kappa shape index (κ2) is 5.65. The first-order chi connectivity index (χ1) is 9.74. The molecule has 20 heavy (non-hydrogen) atoms. The average molecular weight is 270 g/mol. The maximum absolute atomic E-state index is 5.74. The van der Waals surface area contributed by atoms with Gasteiger partial charge in [-0.2, -0.15) is 0 Å². The summed E-state index contributed by atoms with van der Waals surface area (Å²) in [6.45, 7) is 2.24. The third-order valence-electron chi connectivity index (χ3n) is 4.36. The van der Waals surface area contributed by atoms with E-state index >= 15 is 0 Å². The summed E-state index contributed by atoms with van der Waals surface area (Å²) in [4.78, 5) is 0. The lowest BCUT2D eigenvalue weighted by molar-refractivity contribution is 0.489. The molecule has 4 heteroatoms. The number of benzene rings is 1. The van der Waals surface area contributed by atoms with Crippen molar-refractivity contribution >= 4 is 5.69 Å². The van der Waals surface area contributed by atoms with Crippen LogP contribution in [-0.2, 0) is 6.42 Å². The van der Waals surface area contributed by atoms with Crippen LogP contribution in [0.4, 0.5) is 5.69 Å². The monoisotopic (exact) mass is 270 g/mol. The molecule has 1 fully saturated rings. The van der Waals surface area contributed by atoms with Gasteiger partial charge in [0, 0.05) is 18.2 Å². The van der Waals surface area contributed by atoms with E-state index in [1.165, 1.54) is 31.2 Å². The van der Waals surface area contributed by atoms with E-state index in [9.17, 15) is 0 Å². The molecule has 0 aliphatic heterocycles. The molecule has 0 bridgehead atoms. The summed E-state index contributed by atoms with van der Waals surface area (Å²) < 4.78 is 2.29. The van der Waals surface area contributed by atoms with E-state index in [-0.39, 0.29) is 0 Å². The Bertz CT molecular complexity index is 552. The largest absolute Gasteiger partial charge is 0.399 e. The standard InChI is InChI=1S/C16H22N4/c1-12(13-6-8-14(17)9-7-13)10-16-19-18-11-20(16)15-4-2-3-5-15/h6-9,11-12,15H,2-5,10,17H2,1H3. The summed E-state index contributed by atoms with van der Waals surface area (Å²) in [5, 5.41) is 8.45. The molecule has 2 aromatic rings. The van der Waals surface area contributed by atoms with Crippen molar-refractivity contribution in [2.45, 2.75) is 51.0 Å². The Labute approximate surface area is 120 Å². The Morgan fingerprint density at radius 2 is 1.95 bits per heavy atom. The number of rotatable bonds is 4. The summed E-state index contributed by atoms with van der Waals surface area (Å²) in [5.74, 6) is 1.54. The van der Waals surface area contributed by atoms with Gasteiger partial charge in [-0.15, -0.1) is 10.2 Å². The van der Waals surface area contributed by atoms with Gasteiger partial charge in [-0.3, -0.25) is 0 Å². The van der Waals surface area contributed by atoms with Crippen LogP contribution in [0.15, 0.2) is 30.6 Å². The van der Waals surface area contributed by atoms with Crippen LogP contribution in [0.5, 0.6) is 0 Å². The van der Waals surface area contributed by atoms with Gasteiger partial charge in [0.15, 0.2) is 0 Å². The zero-order valence-corrected chi connectivity index (χ0v) is 12.0. The van der Waals surface area contributed by atoms with Crippen molar-refractivity contribution in [3.63, 3.8) is 0 Å². The minimum atomic E-state index is 0.431. The van der Waals surface area contributed by atoms with Crippen LogP contribution in [0.1, 0.15) is 56.0 Å². The lowest BCUT2D eigenvalue weighted by atomic mass is 9.97. The van der Waals surface area contributed by atoms with Crippen molar-refractivity contribution in [2.75, 3.05) is 5.73 Å². The van der Waals surface area contributed by atoms with Crippen LogP contribution in [0.25, 0.3) is 0 Å². The Morgan fingerprint density at radius 3 is 2.65 bits per heavy atom. The predicted octanol–water partition coefficient (Wildman–Crippen LogP) is 3.32. The highest BCUT2D eigenvalue weighted by Gasteiger charge is 2.21. The highest BCUT2D eigenvalue weighted by Crippen LogP contribution is 2.31. The van der Waals surface area contributed by atoms with Gasteiger partial charge in [0.1, 0.15) is 12.2 Å². The molecule has 1 aliphatic rings. The van der Waals surface area contributed by atoms with E-state index in [0.29, 0.717) is 12.0 Å². The Kier molecular flexibility index (Phi) is 3.72. The minimum absolute atomic E-state index is 0.431. The summed E-state index contributed by atoms with van der Waals surface area (Å²) in [7, 11) is 0. The Hall–Kier alpha value is -1.84. The highest BCUT2D eigenvalue weighted by molar-refractivity contribution is 5.40. The lowest BCUT2D eigenvalue weighted by Crippen LogP contribution is -2.11. The summed E-state index contributed by atoms with van der Waals surface area (Å²) in [6, 6.07) is 8.76. The second-order valence-electron chi connectivity index (χ2n) is 5.86. The van der Waals surface area contributed by atoms with E-state index < -0.39 is 0 Å². The molecule has 1 atom stereocenters. The maximum atomic E-state index is 5.74. The third kappa shape index (κ3) is 2.69. The highest BCUT2D eigenvalue weighted by atomic mass is 15.3. The smallest absolute Gasteiger partial charge is 0.133 e. The summed E-state index contributed by atoms with van der Waals surface area (Å²) >= 11 is 0. The number of hydrogen-bond acceptors (Lipinski definition) is 3. The van der Waals surface area contributed by atoms with Crippen molar-refractivity contribution in [3.05, 3.63) is 42.0 Å². The second-order valence-corrected chi connectivity index (χ2v) is 5.86. The van der Waals surface area contributed by atoms with Gasteiger partial charge in [0.2, 0.25) is 0 Å². The van der Waals surface area contributed by atoms with Gasteiger partial charge in [-0.25, -0.2) is 0 Å². The van der Waals surface area contributed by atoms with Gasteiger partial charge >= 0.3 is 0 Å². The molecule has 1 aliphatic carbocycles. The quantitative estimate of drug-likeness (QED) is 0.867.